The Morgan fingerprint density at radius 1 is 1.83 bits per heavy atom. The predicted octanol–water partition coefficient (Wildman–Crippen LogP) is 0.858. The minimum Gasteiger partial charge on any atom is -0.463 e. The maximum Gasteiger partial charge on any atom is 0.333 e. The van der Waals surface area contributed by atoms with Crippen molar-refractivity contribution in [3.8, 4) is 0 Å². The summed E-state index contributed by atoms with van der Waals surface area (Å²) < 4.78 is 4.89. The molecule has 1 N–H and O–H groups in total. The molecule has 0 amide bonds. The fraction of sp³-hybridized carbons (Fsp3) is 0.667. The molecular weight excluding hydrogens is 154 g/mol. The number of nitrogens with one attached hydrogen (secondary N) is 1. The normalized spacial score (nSPS) is 23.2. The highest BCUT2D eigenvalue weighted by Crippen LogP contribution is 2.11. The molecule has 0 aliphatic carbocycles. The van der Waals surface area contributed by atoms with Crippen molar-refractivity contribution in [3.63, 3.8) is 0 Å². The Morgan fingerprint density at radius 2 is 2.58 bits per heavy atom. The van der Waals surface area contributed by atoms with Crippen LogP contribution in [0.2, 0.25) is 0 Å². The van der Waals surface area contributed by atoms with E-state index >= 15 is 0 Å². The molecule has 0 spiro atoms. The fourth-order valence-corrected chi connectivity index (χ4v) is 1.26. The molecule has 0 saturated heterocycles. The number of ether oxygens (including phenoxy) is 1. The second-order valence-electron chi connectivity index (χ2n) is 2.96. The van der Waals surface area contributed by atoms with Crippen LogP contribution in [0.25, 0.3) is 0 Å². The summed E-state index contributed by atoms with van der Waals surface area (Å²) in [4.78, 5) is 11.2. The molecule has 1 heterocycles. The van der Waals surface area contributed by atoms with Crippen molar-refractivity contribution in [2.75, 3.05) is 13.2 Å². The highest BCUT2D eigenvalue weighted by molar-refractivity contribution is 5.88. The third-order valence-corrected chi connectivity index (χ3v) is 1.88. The number of esters is 1. The van der Waals surface area contributed by atoms with Gasteiger partial charge >= 0.3 is 5.97 Å². The largest absolute Gasteiger partial charge is 0.463 e. The van der Waals surface area contributed by atoms with E-state index in [1.54, 1.807) is 0 Å². The third kappa shape index (κ3) is 2.34. The Balaban J connectivity index is 2.50. The summed E-state index contributed by atoms with van der Waals surface area (Å²) in [7, 11) is 0. The van der Waals surface area contributed by atoms with Gasteiger partial charge in [-0.05, 0) is 20.3 Å². The van der Waals surface area contributed by atoms with Crippen LogP contribution in [0.3, 0.4) is 0 Å². The van der Waals surface area contributed by atoms with Crippen LogP contribution in [0.15, 0.2) is 11.6 Å². The molecule has 0 aromatic heterocycles. The van der Waals surface area contributed by atoms with Crippen LogP contribution in [0, 0.1) is 0 Å². The Morgan fingerprint density at radius 3 is 3.17 bits per heavy atom. The van der Waals surface area contributed by atoms with Gasteiger partial charge < -0.3 is 10.1 Å². The zero-order chi connectivity index (χ0) is 8.97. The summed E-state index contributed by atoms with van der Waals surface area (Å²) in [5.41, 5.74) is 0.808. The van der Waals surface area contributed by atoms with Crippen LogP contribution in [-0.4, -0.2) is 25.2 Å². The van der Waals surface area contributed by atoms with E-state index in [1.807, 2.05) is 13.0 Å². The van der Waals surface area contributed by atoms with Crippen LogP contribution in [0.5, 0.6) is 0 Å². The Bertz CT molecular complexity index is 199. The topological polar surface area (TPSA) is 38.3 Å². The summed E-state index contributed by atoms with van der Waals surface area (Å²) in [5, 5.41) is 3.22. The van der Waals surface area contributed by atoms with E-state index in [0.717, 1.165) is 18.5 Å². The summed E-state index contributed by atoms with van der Waals surface area (Å²) in [6.07, 6.45) is 2.68. The standard InChI is InChI=1S/C9H15NO2/c1-3-12-9(11)8-4-5-10-7(2)6-8/h4,7,10H,3,5-6H2,1-2H3. The lowest BCUT2D eigenvalue weighted by Gasteiger charge is -2.19. The van der Waals surface area contributed by atoms with Crippen molar-refractivity contribution in [1.82, 2.24) is 5.32 Å². The number of hydrogen-bond acceptors (Lipinski definition) is 3. The van der Waals surface area contributed by atoms with Crippen LogP contribution >= 0.6 is 0 Å². The summed E-state index contributed by atoms with van der Waals surface area (Å²) in [5.74, 6) is -0.161. The van der Waals surface area contributed by atoms with Gasteiger partial charge in [-0.2, -0.15) is 0 Å². The van der Waals surface area contributed by atoms with E-state index in [4.69, 9.17) is 4.74 Å². The molecule has 1 atom stereocenters. The fourth-order valence-electron chi connectivity index (χ4n) is 1.26. The van der Waals surface area contributed by atoms with E-state index in [-0.39, 0.29) is 5.97 Å². The molecule has 0 aromatic rings. The lowest BCUT2D eigenvalue weighted by Crippen LogP contribution is -2.32. The van der Waals surface area contributed by atoms with Crippen LogP contribution in [0.4, 0.5) is 0 Å². The molecule has 0 radical (unpaired) electrons. The highest BCUT2D eigenvalue weighted by Gasteiger charge is 2.16. The van der Waals surface area contributed by atoms with Crippen molar-refractivity contribution >= 4 is 5.97 Å². The predicted molar refractivity (Wildman–Crippen MR) is 46.8 cm³/mol. The first-order valence-corrected chi connectivity index (χ1v) is 4.33. The Hall–Kier alpha value is -0.830. The molecule has 0 saturated carbocycles. The van der Waals surface area contributed by atoms with Gasteiger partial charge in [0.15, 0.2) is 0 Å². The smallest absolute Gasteiger partial charge is 0.333 e. The van der Waals surface area contributed by atoms with Gasteiger partial charge in [0.25, 0.3) is 0 Å². The van der Waals surface area contributed by atoms with Gasteiger partial charge in [-0.25, -0.2) is 4.79 Å². The van der Waals surface area contributed by atoms with E-state index in [2.05, 4.69) is 12.2 Å². The lowest BCUT2D eigenvalue weighted by molar-refractivity contribution is -0.138. The molecule has 0 aromatic carbocycles. The van der Waals surface area contributed by atoms with Crippen molar-refractivity contribution in [1.29, 1.82) is 0 Å². The Labute approximate surface area is 72.8 Å². The molecule has 12 heavy (non-hydrogen) atoms. The monoisotopic (exact) mass is 169 g/mol. The third-order valence-electron chi connectivity index (χ3n) is 1.88. The Kier molecular flexibility index (Phi) is 3.29. The highest BCUT2D eigenvalue weighted by atomic mass is 16.5. The molecule has 0 fully saturated rings. The maximum absolute atomic E-state index is 11.2. The van der Waals surface area contributed by atoms with Crippen molar-refractivity contribution in [3.05, 3.63) is 11.6 Å². The summed E-state index contributed by atoms with van der Waals surface area (Å²) in [6.45, 7) is 5.11. The van der Waals surface area contributed by atoms with Crippen molar-refractivity contribution in [2.24, 2.45) is 0 Å². The van der Waals surface area contributed by atoms with E-state index in [9.17, 15) is 4.79 Å². The average molecular weight is 169 g/mol. The van der Waals surface area contributed by atoms with Gasteiger partial charge in [0.2, 0.25) is 0 Å². The first-order chi connectivity index (χ1) is 5.74. The molecule has 3 heteroatoms. The molecule has 1 aliphatic rings. The number of carbonyl (C=O) groups excluding carboxylic acids is 1. The molecule has 68 valence electrons. The van der Waals surface area contributed by atoms with Gasteiger partial charge in [0.1, 0.15) is 0 Å². The van der Waals surface area contributed by atoms with Crippen molar-refractivity contribution in [2.45, 2.75) is 26.3 Å². The van der Waals surface area contributed by atoms with Crippen LogP contribution in [-0.2, 0) is 9.53 Å². The molecule has 1 aliphatic heterocycles. The second kappa shape index (κ2) is 4.26. The molecule has 1 unspecified atom stereocenters. The minimum atomic E-state index is -0.161. The van der Waals surface area contributed by atoms with Crippen molar-refractivity contribution < 1.29 is 9.53 Å². The maximum atomic E-state index is 11.2. The quantitative estimate of drug-likeness (QED) is 0.623. The number of carbonyl (C=O) groups is 1. The van der Waals surface area contributed by atoms with E-state index in [1.165, 1.54) is 0 Å². The average Bonchev–Trinajstić information content (AvgIpc) is 2.05. The first kappa shape index (κ1) is 9.26. The van der Waals surface area contributed by atoms with Gasteiger partial charge in [-0.1, -0.05) is 6.08 Å². The zero-order valence-corrected chi connectivity index (χ0v) is 7.59. The lowest BCUT2D eigenvalue weighted by atomic mass is 10.0. The van der Waals surface area contributed by atoms with E-state index < -0.39 is 0 Å². The second-order valence-corrected chi connectivity index (χ2v) is 2.96. The van der Waals surface area contributed by atoms with E-state index in [0.29, 0.717) is 12.6 Å². The van der Waals surface area contributed by atoms with Gasteiger partial charge in [0, 0.05) is 18.2 Å². The molecule has 1 rings (SSSR count). The zero-order valence-electron chi connectivity index (χ0n) is 7.59. The molecular formula is C9H15NO2. The summed E-state index contributed by atoms with van der Waals surface area (Å²) >= 11 is 0. The molecule has 0 bridgehead atoms. The SMILES string of the molecule is CCOC(=O)C1=CCNC(C)C1. The van der Waals surface area contributed by atoms with Crippen LogP contribution in [0.1, 0.15) is 20.3 Å². The number of rotatable bonds is 2. The minimum absolute atomic E-state index is 0.161. The van der Waals surface area contributed by atoms with Gasteiger partial charge in [-0.3, -0.25) is 0 Å². The van der Waals surface area contributed by atoms with Crippen LogP contribution < -0.4 is 5.32 Å². The summed E-state index contributed by atoms with van der Waals surface area (Å²) in [6, 6.07) is 0.384. The van der Waals surface area contributed by atoms with Gasteiger partial charge in [0.05, 0.1) is 6.61 Å². The first-order valence-electron chi connectivity index (χ1n) is 4.33. The number of hydrogen-bond donors (Lipinski definition) is 1. The molecule has 3 nitrogen and oxygen atoms in total. The van der Waals surface area contributed by atoms with Gasteiger partial charge in [-0.15, -0.1) is 0 Å².